The third-order valence-corrected chi connectivity index (χ3v) is 5.83. The van der Waals surface area contributed by atoms with Gasteiger partial charge in [0.25, 0.3) is 0 Å². The Morgan fingerprint density at radius 1 is 1.12 bits per heavy atom. The number of hydrogen-bond donors (Lipinski definition) is 0. The first-order valence-electron chi connectivity index (χ1n) is 9.23. The van der Waals surface area contributed by atoms with E-state index in [0.717, 1.165) is 35.8 Å². The van der Waals surface area contributed by atoms with E-state index in [2.05, 4.69) is 51.9 Å². The summed E-state index contributed by atoms with van der Waals surface area (Å²) in [6.07, 6.45) is 5.28. The van der Waals surface area contributed by atoms with Crippen LogP contribution < -0.4 is 5.46 Å². The van der Waals surface area contributed by atoms with Gasteiger partial charge in [-0.25, -0.2) is 4.68 Å². The van der Waals surface area contributed by atoms with Gasteiger partial charge in [0.05, 0.1) is 22.9 Å². The molecular weight excluding hydrogens is 315 g/mol. The summed E-state index contributed by atoms with van der Waals surface area (Å²) in [5.41, 5.74) is 2.62. The van der Waals surface area contributed by atoms with Gasteiger partial charge in [0.1, 0.15) is 0 Å². The molecule has 25 heavy (non-hydrogen) atoms. The zero-order chi connectivity index (χ0) is 17.8. The average Bonchev–Trinajstić information content (AvgIpc) is 3.06. The molecule has 0 N–H and O–H groups in total. The standard InChI is InChI=1S/C19H27BN2O3/c1-13-10-15(20-24-18(2,3)19(4,5)25-20)14-12-21-22(16(14)11-13)17-8-6-7-9-23-17/h10-12,17H,6-9H2,1-5H3. The van der Waals surface area contributed by atoms with Crippen molar-refractivity contribution in [3.63, 3.8) is 0 Å². The van der Waals surface area contributed by atoms with Crippen molar-refractivity contribution in [2.45, 2.75) is 71.3 Å². The molecule has 0 spiro atoms. The van der Waals surface area contributed by atoms with Crippen molar-refractivity contribution in [2.24, 2.45) is 0 Å². The van der Waals surface area contributed by atoms with Gasteiger partial charge in [-0.3, -0.25) is 0 Å². The SMILES string of the molecule is Cc1cc(B2OC(C)(C)C(C)(C)O2)c2cnn(C3CCCCO3)c2c1. The lowest BCUT2D eigenvalue weighted by Gasteiger charge is -2.32. The lowest BCUT2D eigenvalue weighted by molar-refractivity contribution is -0.0366. The van der Waals surface area contributed by atoms with Crippen LogP contribution in [0.2, 0.25) is 0 Å². The molecule has 5 nitrogen and oxygen atoms in total. The van der Waals surface area contributed by atoms with Gasteiger partial charge >= 0.3 is 7.12 Å². The first-order chi connectivity index (χ1) is 11.8. The zero-order valence-corrected chi connectivity index (χ0v) is 15.8. The van der Waals surface area contributed by atoms with E-state index in [1.54, 1.807) is 0 Å². The first-order valence-corrected chi connectivity index (χ1v) is 9.23. The summed E-state index contributed by atoms with van der Waals surface area (Å²) in [5, 5.41) is 5.73. The lowest BCUT2D eigenvalue weighted by Crippen LogP contribution is -2.41. The normalized spacial score (nSPS) is 25.6. The minimum atomic E-state index is -0.377. The van der Waals surface area contributed by atoms with Gasteiger partial charge in [0.15, 0.2) is 6.23 Å². The van der Waals surface area contributed by atoms with Crippen molar-refractivity contribution in [3.05, 3.63) is 23.9 Å². The zero-order valence-electron chi connectivity index (χ0n) is 15.8. The average molecular weight is 342 g/mol. The predicted molar refractivity (Wildman–Crippen MR) is 99.0 cm³/mol. The van der Waals surface area contributed by atoms with Crippen LogP contribution in [0.4, 0.5) is 0 Å². The third-order valence-electron chi connectivity index (χ3n) is 5.83. The summed E-state index contributed by atoms with van der Waals surface area (Å²) >= 11 is 0. The molecular formula is C19H27BN2O3. The van der Waals surface area contributed by atoms with Crippen LogP contribution in [0.5, 0.6) is 0 Å². The number of hydrogen-bond acceptors (Lipinski definition) is 4. The molecule has 1 atom stereocenters. The summed E-state index contributed by atoms with van der Waals surface area (Å²) < 4.78 is 20.5. The highest BCUT2D eigenvalue weighted by Crippen LogP contribution is 2.37. The summed E-state index contributed by atoms with van der Waals surface area (Å²) in [7, 11) is -0.377. The summed E-state index contributed by atoms with van der Waals surface area (Å²) in [6, 6.07) is 4.33. The number of nitrogens with zero attached hydrogens (tertiary/aromatic N) is 2. The Kier molecular flexibility index (Phi) is 3.98. The molecule has 0 bridgehead atoms. The molecule has 4 rings (SSSR count). The summed E-state index contributed by atoms with van der Waals surface area (Å²) in [4.78, 5) is 0. The molecule has 0 aliphatic carbocycles. The van der Waals surface area contributed by atoms with Crippen LogP contribution in [-0.4, -0.2) is 34.7 Å². The highest BCUT2D eigenvalue weighted by molar-refractivity contribution is 6.65. The number of rotatable bonds is 2. The highest BCUT2D eigenvalue weighted by Gasteiger charge is 2.52. The predicted octanol–water partition coefficient (Wildman–Crippen LogP) is 3.34. The van der Waals surface area contributed by atoms with Crippen molar-refractivity contribution in [1.29, 1.82) is 0 Å². The molecule has 2 fully saturated rings. The van der Waals surface area contributed by atoms with Gasteiger partial charge in [-0.2, -0.15) is 5.10 Å². The summed E-state index contributed by atoms with van der Waals surface area (Å²) in [5.74, 6) is 0. The van der Waals surface area contributed by atoms with E-state index >= 15 is 0 Å². The van der Waals surface area contributed by atoms with E-state index in [1.807, 2.05) is 10.9 Å². The summed E-state index contributed by atoms with van der Waals surface area (Å²) in [6.45, 7) is 11.2. The Morgan fingerprint density at radius 3 is 2.48 bits per heavy atom. The molecule has 1 aromatic heterocycles. The molecule has 2 aliphatic rings. The Hall–Kier alpha value is -1.37. The minimum Gasteiger partial charge on any atom is -0.399 e. The van der Waals surface area contributed by atoms with Crippen LogP contribution in [0.1, 0.15) is 58.7 Å². The van der Waals surface area contributed by atoms with E-state index in [4.69, 9.17) is 14.0 Å². The Bertz CT molecular complexity index is 777. The molecule has 2 aromatic rings. The van der Waals surface area contributed by atoms with E-state index in [0.29, 0.717) is 0 Å². The van der Waals surface area contributed by atoms with Crippen LogP contribution in [-0.2, 0) is 14.0 Å². The lowest BCUT2D eigenvalue weighted by atomic mass is 9.76. The molecule has 1 unspecified atom stereocenters. The molecule has 2 saturated heterocycles. The van der Waals surface area contributed by atoms with E-state index in [-0.39, 0.29) is 24.5 Å². The van der Waals surface area contributed by atoms with Gasteiger partial charge in [0.2, 0.25) is 0 Å². The largest absolute Gasteiger partial charge is 0.495 e. The second-order valence-electron chi connectivity index (χ2n) is 8.29. The van der Waals surface area contributed by atoms with Gasteiger partial charge in [0, 0.05) is 12.0 Å². The van der Waals surface area contributed by atoms with E-state index in [9.17, 15) is 0 Å². The smallest absolute Gasteiger partial charge is 0.399 e. The quantitative estimate of drug-likeness (QED) is 0.786. The van der Waals surface area contributed by atoms with Gasteiger partial charge in [-0.1, -0.05) is 6.07 Å². The highest BCUT2D eigenvalue weighted by atomic mass is 16.7. The Balaban J connectivity index is 1.77. The minimum absolute atomic E-state index is 0.0270. The number of aromatic nitrogens is 2. The maximum absolute atomic E-state index is 6.28. The molecule has 0 amide bonds. The molecule has 134 valence electrons. The van der Waals surface area contributed by atoms with Crippen LogP contribution in [0.25, 0.3) is 10.9 Å². The number of fused-ring (bicyclic) bond motifs is 1. The molecule has 1 aromatic carbocycles. The fourth-order valence-electron chi connectivity index (χ4n) is 3.63. The van der Waals surface area contributed by atoms with Gasteiger partial charge < -0.3 is 14.0 Å². The van der Waals surface area contributed by atoms with Crippen LogP contribution in [0.15, 0.2) is 18.3 Å². The number of benzene rings is 1. The molecule has 3 heterocycles. The Labute approximate surface area is 149 Å². The van der Waals surface area contributed by atoms with Crippen LogP contribution >= 0.6 is 0 Å². The molecule has 2 aliphatic heterocycles. The van der Waals surface area contributed by atoms with Crippen molar-refractivity contribution in [3.8, 4) is 0 Å². The third kappa shape index (κ3) is 2.80. The van der Waals surface area contributed by atoms with E-state index < -0.39 is 0 Å². The maximum atomic E-state index is 6.28. The van der Waals surface area contributed by atoms with Crippen LogP contribution in [0, 0.1) is 6.92 Å². The van der Waals surface area contributed by atoms with Gasteiger partial charge in [-0.05, 0) is 71.0 Å². The molecule has 0 saturated carbocycles. The fourth-order valence-corrected chi connectivity index (χ4v) is 3.63. The topological polar surface area (TPSA) is 45.5 Å². The van der Waals surface area contributed by atoms with E-state index in [1.165, 1.54) is 12.0 Å². The van der Waals surface area contributed by atoms with Gasteiger partial charge in [-0.15, -0.1) is 0 Å². The number of ether oxygens (including phenoxy) is 1. The van der Waals surface area contributed by atoms with Crippen LogP contribution in [0.3, 0.4) is 0 Å². The Morgan fingerprint density at radius 2 is 1.84 bits per heavy atom. The van der Waals surface area contributed by atoms with Crippen molar-refractivity contribution in [1.82, 2.24) is 9.78 Å². The fraction of sp³-hybridized carbons (Fsp3) is 0.632. The van der Waals surface area contributed by atoms with Crippen molar-refractivity contribution < 1.29 is 14.0 Å². The molecule has 0 radical (unpaired) electrons. The van der Waals surface area contributed by atoms with Crippen molar-refractivity contribution in [2.75, 3.05) is 6.61 Å². The first kappa shape index (κ1) is 17.1. The van der Waals surface area contributed by atoms with Crippen molar-refractivity contribution >= 4 is 23.5 Å². The second-order valence-corrected chi connectivity index (χ2v) is 8.29. The monoisotopic (exact) mass is 342 g/mol. The molecule has 6 heteroatoms. The maximum Gasteiger partial charge on any atom is 0.495 e. The number of aryl methyl sites for hydroxylation is 1. The second kappa shape index (κ2) is 5.83.